The fraction of sp³-hybridized carbons (Fsp3) is 0.517. The first-order valence-corrected chi connectivity index (χ1v) is 13.0. The highest BCUT2D eigenvalue weighted by Gasteiger charge is 2.43. The third-order valence-electron chi connectivity index (χ3n) is 7.58. The molecule has 4 atom stereocenters. The van der Waals surface area contributed by atoms with Crippen LogP contribution in [-0.4, -0.2) is 46.3 Å². The van der Waals surface area contributed by atoms with E-state index in [1.807, 2.05) is 25.1 Å². The fourth-order valence-corrected chi connectivity index (χ4v) is 6.06. The number of hydrogen-bond acceptors (Lipinski definition) is 6. The first-order valence-electron chi connectivity index (χ1n) is 13.0. The van der Waals surface area contributed by atoms with Gasteiger partial charge >= 0.3 is 5.97 Å². The zero-order valence-corrected chi connectivity index (χ0v) is 20.8. The second-order valence-electron chi connectivity index (χ2n) is 10.1. The highest BCUT2D eigenvalue weighted by Crippen LogP contribution is 2.48. The van der Waals surface area contributed by atoms with E-state index in [0.717, 1.165) is 37.1 Å². The molecular formula is C29H36N2O4. The van der Waals surface area contributed by atoms with Crippen molar-refractivity contribution >= 4 is 5.97 Å². The van der Waals surface area contributed by atoms with Crippen molar-refractivity contribution in [1.82, 2.24) is 9.88 Å². The summed E-state index contributed by atoms with van der Waals surface area (Å²) in [5.74, 6) is 0.396. The number of fused-ring (bicyclic) bond motifs is 5. The van der Waals surface area contributed by atoms with E-state index in [1.165, 1.54) is 36.5 Å². The van der Waals surface area contributed by atoms with Gasteiger partial charge in [-0.3, -0.25) is 9.78 Å². The summed E-state index contributed by atoms with van der Waals surface area (Å²) < 4.78 is 11.7. The minimum atomic E-state index is -0.515. The number of nitrogens with zero attached hydrogens (tertiary/aromatic N) is 2. The molecule has 0 aromatic carbocycles. The summed E-state index contributed by atoms with van der Waals surface area (Å²) in [6, 6.07) is 6.19. The standard InChI is InChI=1S/C29H36N2O4/c1-19(26-10-5-6-14-30-26)34-15-7-8-21-12-13-23-24-9-3-4-11-27(24)31-18-22(33)17-28(35-20(2)32)29(31)25(23)16-21/h5-6,10,12-14,16,19,22,25,27,33H,3-4,7-9,11,15,17-18H2,1-2H3/t19?,22-,25?,27+/m1/s1. The van der Waals surface area contributed by atoms with Crippen molar-refractivity contribution in [2.45, 2.75) is 77.0 Å². The number of rotatable bonds is 7. The van der Waals surface area contributed by atoms with E-state index >= 15 is 0 Å². The maximum Gasteiger partial charge on any atom is 0.307 e. The summed E-state index contributed by atoms with van der Waals surface area (Å²) in [4.78, 5) is 18.6. The summed E-state index contributed by atoms with van der Waals surface area (Å²) in [5.41, 5.74) is 6.18. The predicted molar refractivity (Wildman–Crippen MR) is 134 cm³/mol. The van der Waals surface area contributed by atoms with E-state index in [4.69, 9.17) is 9.47 Å². The van der Waals surface area contributed by atoms with Gasteiger partial charge in [0.2, 0.25) is 0 Å². The molecule has 3 heterocycles. The molecule has 0 saturated heterocycles. The average Bonchev–Trinajstić information content (AvgIpc) is 2.86. The van der Waals surface area contributed by atoms with Gasteiger partial charge in [-0.05, 0) is 62.3 Å². The van der Waals surface area contributed by atoms with Crippen molar-refractivity contribution in [1.29, 1.82) is 0 Å². The molecule has 1 fully saturated rings. The first kappa shape index (κ1) is 24.0. The second kappa shape index (κ2) is 10.5. The second-order valence-corrected chi connectivity index (χ2v) is 10.1. The molecule has 0 spiro atoms. The molecule has 2 aliphatic carbocycles. The lowest BCUT2D eigenvalue weighted by atomic mass is 9.72. The molecule has 186 valence electrons. The molecule has 1 saturated carbocycles. The maximum absolute atomic E-state index is 11.9. The third-order valence-corrected chi connectivity index (χ3v) is 7.58. The number of ether oxygens (including phenoxy) is 2. The number of esters is 1. The lowest BCUT2D eigenvalue weighted by Crippen LogP contribution is -2.50. The van der Waals surface area contributed by atoms with E-state index in [-0.39, 0.29) is 18.0 Å². The number of aromatic nitrogens is 1. The number of pyridine rings is 1. The summed E-state index contributed by atoms with van der Waals surface area (Å²) in [6.45, 7) is 4.75. The van der Waals surface area contributed by atoms with Crippen LogP contribution >= 0.6 is 0 Å². The summed E-state index contributed by atoms with van der Waals surface area (Å²) in [7, 11) is 0. The van der Waals surface area contributed by atoms with Crippen molar-refractivity contribution in [2.75, 3.05) is 13.2 Å². The topological polar surface area (TPSA) is 71.9 Å². The van der Waals surface area contributed by atoms with Gasteiger partial charge in [0, 0.05) is 38.6 Å². The molecule has 0 amide bonds. The molecule has 2 aliphatic heterocycles. The van der Waals surface area contributed by atoms with Crippen LogP contribution in [0.25, 0.3) is 0 Å². The van der Waals surface area contributed by atoms with E-state index in [0.29, 0.717) is 31.4 Å². The quantitative estimate of drug-likeness (QED) is 0.434. The number of carbonyl (C=O) groups is 1. The van der Waals surface area contributed by atoms with Gasteiger partial charge in [-0.25, -0.2) is 0 Å². The number of allylic oxidation sites excluding steroid dienone is 4. The normalized spacial score (nSPS) is 26.5. The molecule has 2 unspecified atom stereocenters. The number of aliphatic hydroxyl groups is 1. The molecule has 1 aromatic rings. The largest absolute Gasteiger partial charge is 0.429 e. The number of aliphatic hydroxyl groups excluding tert-OH is 1. The van der Waals surface area contributed by atoms with Gasteiger partial charge in [-0.15, -0.1) is 0 Å². The molecule has 35 heavy (non-hydrogen) atoms. The van der Waals surface area contributed by atoms with Crippen molar-refractivity contribution in [3.8, 4) is 0 Å². The molecule has 6 heteroatoms. The van der Waals surface area contributed by atoms with Crippen LogP contribution in [-0.2, 0) is 14.3 Å². The summed E-state index contributed by atoms with van der Waals surface area (Å²) >= 11 is 0. The lowest BCUT2D eigenvalue weighted by molar-refractivity contribution is -0.138. The number of hydrogen-bond donors (Lipinski definition) is 1. The Kier molecular flexibility index (Phi) is 7.21. The zero-order chi connectivity index (χ0) is 24.4. The van der Waals surface area contributed by atoms with Gasteiger partial charge in [0.15, 0.2) is 0 Å². The van der Waals surface area contributed by atoms with Crippen LogP contribution in [0.5, 0.6) is 0 Å². The third kappa shape index (κ3) is 5.14. The van der Waals surface area contributed by atoms with Gasteiger partial charge in [-0.1, -0.05) is 36.3 Å². The Balaban J connectivity index is 1.35. The van der Waals surface area contributed by atoms with Crippen LogP contribution in [0.3, 0.4) is 0 Å². The smallest absolute Gasteiger partial charge is 0.307 e. The predicted octanol–water partition coefficient (Wildman–Crippen LogP) is 5.15. The van der Waals surface area contributed by atoms with Gasteiger partial charge in [0.25, 0.3) is 0 Å². The van der Waals surface area contributed by atoms with Crippen LogP contribution in [0.1, 0.15) is 70.6 Å². The Morgan fingerprint density at radius 1 is 1.29 bits per heavy atom. The van der Waals surface area contributed by atoms with Crippen LogP contribution in [0, 0.1) is 5.92 Å². The molecule has 0 radical (unpaired) electrons. The molecule has 5 rings (SSSR count). The fourth-order valence-electron chi connectivity index (χ4n) is 6.06. The molecule has 1 aromatic heterocycles. The van der Waals surface area contributed by atoms with Gasteiger partial charge < -0.3 is 19.5 Å². The van der Waals surface area contributed by atoms with Gasteiger partial charge in [0.05, 0.1) is 29.6 Å². The molecule has 1 N–H and O–H groups in total. The Bertz CT molecular complexity index is 1070. The van der Waals surface area contributed by atoms with Crippen molar-refractivity contribution in [2.24, 2.45) is 5.92 Å². The Morgan fingerprint density at radius 2 is 2.17 bits per heavy atom. The zero-order valence-electron chi connectivity index (χ0n) is 20.8. The lowest BCUT2D eigenvalue weighted by Gasteiger charge is -2.50. The van der Waals surface area contributed by atoms with E-state index in [9.17, 15) is 9.90 Å². The Hall–Kier alpha value is -2.70. The van der Waals surface area contributed by atoms with Crippen LogP contribution in [0.2, 0.25) is 0 Å². The SMILES string of the molecule is CC(=O)OC1=C2C3C=C(CCCOC(C)c4ccccn4)C=CC3=C3CCCC[C@@H]3N2C[C@H](O)C1. The van der Waals surface area contributed by atoms with Gasteiger partial charge in [-0.2, -0.15) is 0 Å². The monoisotopic (exact) mass is 476 g/mol. The van der Waals surface area contributed by atoms with Crippen LogP contribution in [0.4, 0.5) is 0 Å². The minimum absolute atomic E-state index is 0.0244. The van der Waals surface area contributed by atoms with E-state index < -0.39 is 6.10 Å². The minimum Gasteiger partial charge on any atom is -0.429 e. The maximum atomic E-state index is 11.9. The number of carbonyl (C=O) groups excluding carboxylic acids is 1. The first-order chi connectivity index (χ1) is 17.0. The van der Waals surface area contributed by atoms with E-state index in [2.05, 4.69) is 28.1 Å². The molecule has 0 bridgehead atoms. The summed E-state index contributed by atoms with van der Waals surface area (Å²) in [6.07, 6.45) is 15.0. The van der Waals surface area contributed by atoms with Crippen LogP contribution < -0.4 is 0 Å². The molecular weight excluding hydrogens is 440 g/mol. The molecule has 4 aliphatic rings. The Labute approximate surface area is 208 Å². The highest BCUT2D eigenvalue weighted by molar-refractivity contribution is 5.67. The van der Waals surface area contributed by atoms with Crippen LogP contribution in [0.15, 0.2) is 70.8 Å². The van der Waals surface area contributed by atoms with Gasteiger partial charge in [0.1, 0.15) is 5.76 Å². The highest BCUT2D eigenvalue weighted by atomic mass is 16.5. The molecule has 6 nitrogen and oxygen atoms in total. The van der Waals surface area contributed by atoms with E-state index in [1.54, 1.807) is 6.20 Å². The van der Waals surface area contributed by atoms with Crippen molar-refractivity contribution < 1.29 is 19.4 Å². The average molecular weight is 477 g/mol. The summed E-state index contributed by atoms with van der Waals surface area (Å²) in [5, 5.41) is 10.6. The van der Waals surface area contributed by atoms with Crippen molar-refractivity contribution in [3.63, 3.8) is 0 Å². The Morgan fingerprint density at radius 3 is 2.97 bits per heavy atom. The van der Waals surface area contributed by atoms with Crippen molar-refractivity contribution in [3.05, 3.63) is 76.5 Å².